The Morgan fingerprint density at radius 1 is 1.05 bits per heavy atom. The highest BCUT2D eigenvalue weighted by Gasteiger charge is 2.46. The molecule has 0 saturated carbocycles. The molecule has 3 aromatic carbocycles. The van der Waals surface area contributed by atoms with E-state index in [-0.39, 0.29) is 34.6 Å². The van der Waals surface area contributed by atoms with E-state index in [0.717, 1.165) is 5.56 Å². The van der Waals surface area contributed by atoms with Crippen molar-refractivity contribution < 1.29 is 28.6 Å². The number of carbonyl (C=O) groups excluding carboxylic acids is 2. The van der Waals surface area contributed by atoms with Gasteiger partial charge in [0.2, 0.25) is 0 Å². The van der Waals surface area contributed by atoms with E-state index < -0.39 is 23.5 Å². The Morgan fingerprint density at radius 3 is 2.46 bits per heavy atom. The fourth-order valence-electron chi connectivity index (χ4n) is 4.35. The molecular weight excluding hydrogens is 497 g/mol. The summed E-state index contributed by atoms with van der Waals surface area (Å²) in [5.74, 6) is -1.33. The first-order valence-corrected chi connectivity index (χ1v) is 12.2. The number of methoxy groups -OCH3 is 1. The summed E-state index contributed by atoms with van der Waals surface area (Å²) in [7, 11) is 1.47. The van der Waals surface area contributed by atoms with Crippen molar-refractivity contribution in [3.63, 3.8) is 0 Å². The molecule has 1 heterocycles. The summed E-state index contributed by atoms with van der Waals surface area (Å²) in [5.41, 5.74) is 1.49. The number of ether oxygens (including phenoxy) is 2. The Bertz CT molecular complexity index is 1350. The summed E-state index contributed by atoms with van der Waals surface area (Å²) in [4.78, 5) is 28.0. The van der Waals surface area contributed by atoms with Crippen molar-refractivity contribution in [2.24, 2.45) is 0 Å². The lowest BCUT2D eigenvalue weighted by molar-refractivity contribution is -0.139. The van der Waals surface area contributed by atoms with Crippen LogP contribution in [0.1, 0.15) is 36.6 Å². The van der Waals surface area contributed by atoms with Crippen LogP contribution in [0.25, 0.3) is 5.76 Å². The first kappa shape index (κ1) is 26.2. The second kappa shape index (κ2) is 11.0. The zero-order valence-electron chi connectivity index (χ0n) is 20.7. The fraction of sp³-hybridized carbons (Fsp3) is 0.241. The van der Waals surface area contributed by atoms with Crippen LogP contribution in [-0.4, -0.2) is 41.5 Å². The maximum absolute atomic E-state index is 13.4. The summed E-state index contributed by atoms with van der Waals surface area (Å²) in [6, 6.07) is 16.8. The van der Waals surface area contributed by atoms with Crippen LogP contribution in [-0.2, 0) is 16.0 Å². The molecule has 0 aromatic heterocycles. The number of nitrogens with zero attached hydrogens (tertiary/aromatic N) is 1. The molecule has 1 amide bonds. The molecule has 6 nitrogen and oxygen atoms in total. The molecule has 4 rings (SSSR count). The third-order valence-electron chi connectivity index (χ3n) is 6.07. The second-order valence-corrected chi connectivity index (χ2v) is 9.36. The van der Waals surface area contributed by atoms with Crippen LogP contribution in [0.5, 0.6) is 11.5 Å². The lowest BCUT2D eigenvalue weighted by Gasteiger charge is -2.26. The van der Waals surface area contributed by atoms with Gasteiger partial charge in [0, 0.05) is 12.1 Å². The molecule has 0 spiro atoms. The van der Waals surface area contributed by atoms with Gasteiger partial charge in [-0.1, -0.05) is 35.9 Å². The van der Waals surface area contributed by atoms with E-state index in [1.165, 1.54) is 30.2 Å². The summed E-state index contributed by atoms with van der Waals surface area (Å²) >= 11 is 6.37. The van der Waals surface area contributed by atoms with Crippen molar-refractivity contribution in [3.05, 3.63) is 99.8 Å². The smallest absolute Gasteiger partial charge is 0.295 e. The van der Waals surface area contributed by atoms with Crippen LogP contribution in [0, 0.1) is 5.82 Å². The van der Waals surface area contributed by atoms with Crippen molar-refractivity contribution in [3.8, 4) is 11.5 Å². The number of ketones is 1. The molecule has 3 aromatic rings. The Morgan fingerprint density at radius 2 is 1.78 bits per heavy atom. The minimum Gasteiger partial charge on any atom is -0.507 e. The van der Waals surface area contributed by atoms with E-state index in [4.69, 9.17) is 21.1 Å². The van der Waals surface area contributed by atoms with Gasteiger partial charge in [-0.3, -0.25) is 9.59 Å². The Labute approximate surface area is 219 Å². The van der Waals surface area contributed by atoms with Crippen LogP contribution in [0.15, 0.2) is 72.3 Å². The Hall–Kier alpha value is -3.84. The van der Waals surface area contributed by atoms with Crippen molar-refractivity contribution >= 4 is 29.1 Å². The summed E-state index contributed by atoms with van der Waals surface area (Å²) < 4.78 is 24.5. The third kappa shape index (κ3) is 5.62. The molecule has 192 valence electrons. The third-order valence-corrected chi connectivity index (χ3v) is 6.40. The highest BCUT2D eigenvalue weighted by Crippen LogP contribution is 2.42. The molecule has 1 fully saturated rings. The second-order valence-electron chi connectivity index (χ2n) is 8.95. The number of hydrogen-bond acceptors (Lipinski definition) is 5. The number of aliphatic hydroxyl groups is 1. The molecule has 1 N–H and O–H groups in total. The van der Waals surface area contributed by atoms with E-state index in [9.17, 15) is 19.1 Å². The number of hydrogen-bond donors (Lipinski definition) is 1. The van der Waals surface area contributed by atoms with Crippen LogP contribution in [0.3, 0.4) is 0 Å². The van der Waals surface area contributed by atoms with Gasteiger partial charge in [-0.25, -0.2) is 4.39 Å². The standard InChI is InChI=1S/C29H27ClFNO5/c1-17(2)37-22-6-4-5-19(15-22)26-25(27(33)23-16-21(36-3)11-12-24(23)30)28(34)29(35)32(26)14-13-18-7-9-20(31)10-8-18/h4-12,15-17,26,33H,13-14H2,1-3H3/b27-25+. The highest BCUT2D eigenvalue weighted by molar-refractivity contribution is 6.47. The molecule has 37 heavy (non-hydrogen) atoms. The van der Waals surface area contributed by atoms with E-state index >= 15 is 0 Å². The van der Waals surface area contributed by atoms with Gasteiger partial charge in [0.25, 0.3) is 11.7 Å². The maximum atomic E-state index is 13.4. The zero-order chi connectivity index (χ0) is 26.7. The number of amides is 1. The molecule has 1 unspecified atom stereocenters. The largest absolute Gasteiger partial charge is 0.507 e. The van der Waals surface area contributed by atoms with Gasteiger partial charge in [0.1, 0.15) is 23.1 Å². The number of likely N-dealkylation sites (tertiary alicyclic amines) is 1. The van der Waals surface area contributed by atoms with Crippen molar-refractivity contribution in [2.75, 3.05) is 13.7 Å². The first-order valence-electron chi connectivity index (χ1n) is 11.8. The SMILES string of the molecule is COc1ccc(Cl)c(/C(O)=C2\C(=O)C(=O)N(CCc3ccc(F)cc3)C2c2cccc(OC(C)C)c2)c1. The maximum Gasteiger partial charge on any atom is 0.295 e. The van der Waals surface area contributed by atoms with Crippen molar-refractivity contribution in [1.29, 1.82) is 0 Å². The Balaban J connectivity index is 1.82. The van der Waals surface area contributed by atoms with Crippen molar-refractivity contribution in [2.45, 2.75) is 32.4 Å². The minimum absolute atomic E-state index is 0.0824. The van der Waals surface area contributed by atoms with Gasteiger partial charge in [0.05, 0.1) is 29.9 Å². The predicted octanol–water partition coefficient (Wildman–Crippen LogP) is 5.94. The van der Waals surface area contributed by atoms with Crippen LogP contribution in [0.4, 0.5) is 4.39 Å². The molecule has 1 saturated heterocycles. The van der Waals surface area contributed by atoms with Gasteiger partial charge < -0.3 is 19.5 Å². The van der Waals surface area contributed by atoms with Gasteiger partial charge in [-0.05, 0) is 73.9 Å². The normalized spacial score (nSPS) is 16.9. The number of aliphatic hydroxyl groups excluding tert-OH is 1. The molecule has 1 aliphatic rings. The van der Waals surface area contributed by atoms with E-state index in [1.54, 1.807) is 48.5 Å². The lowest BCUT2D eigenvalue weighted by atomic mass is 9.95. The highest BCUT2D eigenvalue weighted by atomic mass is 35.5. The predicted molar refractivity (Wildman–Crippen MR) is 139 cm³/mol. The number of halogens is 2. The number of benzene rings is 3. The monoisotopic (exact) mass is 523 g/mol. The summed E-state index contributed by atoms with van der Waals surface area (Å²) in [5, 5.41) is 11.6. The average Bonchev–Trinajstić information content (AvgIpc) is 3.13. The van der Waals surface area contributed by atoms with Crippen LogP contribution in [0.2, 0.25) is 5.02 Å². The number of rotatable bonds is 8. The average molecular weight is 524 g/mol. The molecular formula is C29H27ClFNO5. The Kier molecular flexibility index (Phi) is 7.83. The lowest BCUT2D eigenvalue weighted by Crippen LogP contribution is -2.31. The molecule has 8 heteroatoms. The molecule has 0 radical (unpaired) electrons. The van der Waals surface area contributed by atoms with Crippen molar-refractivity contribution in [1.82, 2.24) is 4.90 Å². The quantitative estimate of drug-likeness (QED) is 0.225. The first-order chi connectivity index (χ1) is 17.7. The molecule has 1 aliphatic heterocycles. The van der Waals surface area contributed by atoms with Gasteiger partial charge in [-0.2, -0.15) is 0 Å². The molecule has 1 atom stereocenters. The minimum atomic E-state index is -0.890. The van der Waals surface area contributed by atoms with Gasteiger partial charge in [0.15, 0.2) is 0 Å². The van der Waals surface area contributed by atoms with E-state index in [1.807, 2.05) is 13.8 Å². The number of carbonyl (C=O) groups is 2. The van der Waals surface area contributed by atoms with E-state index in [2.05, 4.69) is 0 Å². The van der Waals surface area contributed by atoms with Gasteiger partial charge >= 0.3 is 0 Å². The molecule has 0 aliphatic carbocycles. The number of Topliss-reactive ketones (excluding diaryl/α,β-unsaturated/α-hetero) is 1. The molecule has 0 bridgehead atoms. The van der Waals surface area contributed by atoms with Gasteiger partial charge in [-0.15, -0.1) is 0 Å². The zero-order valence-corrected chi connectivity index (χ0v) is 21.5. The summed E-state index contributed by atoms with van der Waals surface area (Å²) in [6.07, 6.45) is 0.294. The van der Waals surface area contributed by atoms with Crippen LogP contribution < -0.4 is 9.47 Å². The fourth-order valence-corrected chi connectivity index (χ4v) is 4.55. The van der Waals surface area contributed by atoms with E-state index in [0.29, 0.717) is 23.5 Å². The topological polar surface area (TPSA) is 76.1 Å². The summed E-state index contributed by atoms with van der Waals surface area (Å²) in [6.45, 7) is 3.96. The van der Waals surface area contributed by atoms with Crippen LogP contribution >= 0.6 is 11.6 Å².